The van der Waals surface area contributed by atoms with E-state index in [-0.39, 0.29) is 17.9 Å². The summed E-state index contributed by atoms with van der Waals surface area (Å²) in [4.78, 5) is 29.4. The smallest absolute Gasteiger partial charge is 0.427 e. The maximum atomic E-state index is 11.4. The molecule has 0 spiro atoms. The van der Waals surface area contributed by atoms with Crippen LogP contribution in [0.15, 0.2) is 48.2 Å². The fourth-order valence-electron chi connectivity index (χ4n) is 2.28. The average Bonchev–Trinajstić information content (AvgIpc) is 2.39. The number of benzene rings is 1. The highest BCUT2D eigenvalue weighted by molar-refractivity contribution is 7.49. The zero-order chi connectivity index (χ0) is 17.3. The SMILES string of the molecule is O=C1C=CC(C(O)(O)Cc2ccc(O)cc2)C(NP(=O)(O)O)=C1. The molecule has 8 nitrogen and oxygen atoms in total. The Morgan fingerprint density at radius 2 is 1.78 bits per heavy atom. The topological polar surface area (TPSA) is 147 Å². The van der Waals surface area contributed by atoms with Gasteiger partial charge in [0.2, 0.25) is 0 Å². The lowest BCUT2D eigenvalue weighted by Gasteiger charge is -2.33. The predicted octanol–water partition coefficient (Wildman–Crippen LogP) is -0.0631. The summed E-state index contributed by atoms with van der Waals surface area (Å²) >= 11 is 0. The minimum atomic E-state index is -4.72. The zero-order valence-electron chi connectivity index (χ0n) is 11.8. The van der Waals surface area contributed by atoms with Crippen LogP contribution in [-0.4, -0.2) is 36.7 Å². The lowest BCUT2D eigenvalue weighted by Crippen LogP contribution is -2.43. The molecule has 0 bridgehead atoms. The van der Waals surface area contributed by atoms with Crippen LogP contribution in [0.3, 0.4) is 0 Å². The number of phenolic OH excluding ortho intramolecular Hbond substituents is 1. The van der Waals surface area contributed by atoms with Gasteiger partial charge in [0.1, 0.15) is 5.75 Å². The summed E-state index contributed by atoms with van der Waals surface area (Å²) in [7, 11) is -4.72. The van der Waals surface area contributed by atoms with Crippen LogP contribution >= 0.6 is 7.75 Å². The van der Waals surface area contributed by atoms with Gasteiger partial charge in [-0.25, -0.2) is 4.57 Å². The Hall–Kier alpha value is -1.96. The van der Waals surface area contributed by atoms with Crippen LogP contribution in [0.25, 0.3) is 0 Å². The Morgan fingerprint density at radius 3 is 2.35 bits per heavy atom. The molecular weight excluding hydrogens is 325 g/mol. The fourth-order valence-corrected chi connectivity index (χ4v) is 2.82. The van der Waals surface area contributed by atoms with Crippen LogP contribution in [0.1, 0.15) is 5.56 Å². The summed E-state index contributed by atoms with van der Waals surface area (Å²) < 4.78 is 11.1. The van der Waals surface area contributed by atoms with E-state index in [9.17, 15) is 24.7 Å². The van der Waals surface area contributed by atoms with Crippen molar-refractivity contribution in [1.29, 1.82) is 0 Å². The maximum Gasteiger partial charge on any atom is 0.427 e. The van der Waals surface area contributed by atoms with Gasteiger partial charge in [-0.2, -0.15) is 0 Å². The lowest BCUT2D eigenvalue weighted by molar-refractivity contribution is -0.180. The molecule has 1 aliphatic carbocycles. The summed E-state index contributed by atoms with van der Waals surface area (Å²) in [6, 6.07) is 5.70. The Kier molecular flexibility index (Phi) is 4.74. The van der Waals surface area contributed by atoms with Crippen molar-refractivity contribution >= 4 is 13.5 Å². The fraction of sp³-hybridized carbons (Fsp3) is 0.214. The van der Waals surface area contributed by atoms with Gasteiger partial charge in [-0.3, -0.25) is 9.88 Å². The molecule has 0 fully saturated rings. The van der Waals surface area contributed by atoms with Crippen molar-refractivity contribution in [1.82, 2.24) is 5.09 Å². The van der Waals surface area contributed by atoms with E-state index in [2.05, 4.69) is 0 Å². The Balaban J connectivity index is 2.26. The molecule has 6 N–H and O–H groups in total. The van der Waals surface area contributed by atoms with E-state index >= 15 is 0 Å². The highest BCUT2D eigenvalue weighted by Crippen LogP contribution is 2.37. The van der Waals surface area contributed by atoms with E-state index in [1.807, 2.05) is 5.09 Å². The number of allylic oxidation sites excluding steroid dienone is 2. The van der Waals surface area contributed by atoms with Crippen molar-refractivity contribution in [3.05, 3.63) is 53.8 Å². The zero-order valence-corrected chi connectivity index (χ0v) is 12.7. The van der Waals surface area contributed by atoms with Crippen molar-refractivity contribution in [3.63, 3.8) is 0 Å². The number of aliphatic hydroxyl groups is 2. The van der Waals surface area contributed by atoms with Gasteiger partial charge in [-0.15, -0.1) is 0 Å². The average molecular weight is 341 g/mol. The Bertz CT molecular complexity index is 702. The molecule has 0 aliphatic heterocycles. The van der Waals surface area contributed by atoms with Gasteiger partial charge in [-0.05, 0) is 23.8 Å². The molecular formula is C14H16NO7P. The lowest BCUT2D eigenvalue weighted by atomic mass is 9.86. The number of nitrogens with one attached hydrogen (secondary N) is 1. The second-order valence-corrected chi connectivity index (χ2v) is 6.53. The largest absolute Gasteiger partial charge is 0.508 e. The molecule has 0 saturated heterocycles. The van der Waals surface area contributed by atoms with Crippen LogP contribution < -0.4 is 5.09 Å². The number of hydrogen-bond acceptors (Lipinski definition) is 5. The van der Waals surface area contributed by atoms with Crippen LogP contribution in [0.2, 0.25) is 0 Å². The van der Waals surface area contributed by atoms with Gasteiger partial charge in [0.15, 0.2) is 11.6 Å². The Morgan fingerprint density at radius 1 is 1.17 bits per heavy atom. The van der Waals surface area contributed by atoms with Gasteiger partial charge in [-0.1, -0.05) is 18.2 Å². The first-order valence-corrected chi connectivity index (χ1v) is 8.18. The molecule has 0 saturated carbocycles. The third-order valence-corrected chi connectivity index (χ3v) is 3.81. The van der Waals surface area contributed by atoms with Crippen molar-refractivity contribution < 1.29 is 34.5 Å². The first-order chi connectivity index (χ1) is 10.6. The first-order valence-electron chi connectivity index (χ1n) is 6.57. The summed E-state index contributed by atoms with van der Waals surface area (Å²) in [5.74, 6) is -4.15. The van der Waals surface area contributed by atoms with Crippen molar-refractivity contribution in [2.45, 2.75) is 12.2 Å². The quantitative estimate of drug-likeness (QED) is 0.322. The van der Waals surface area contributed by atoms with Crippen molar-refractivity contribution in [3.8, 4) is 5.75 Å². The Labute approximate surface area is 131 Å². The normalized spacial score (nSPS) is 18.7. The van der Waals surface area contributed by atoms with E-state index in [0.29, 0.717) is 5.56 Å². The van der Waals surface area contributed by atoms with E-state index in [1.165, 1.54) is 30.3 Å². The summed E-state index contributed by atoms with van der Waals surface area (Å²) in [5, 5.41) is 31.7. The van der Waals surface area contributed by atoms with Gasteiger partial charge in [0.25, 0.3) is 0 Å². The molecule has 1 unspecified atom stereocenters. The standard InChI is InChI=1S/C14H16NO7P/c16-10-3-1-9(2-4-10)8-14(18,19)12-6-5-11(17)7-13(12)15-23(20,21)22/h1-7,12,16,18-19H,8H2,(H3,15,20,21,22). The third-order valence-electron chi connectivity index (χ3n) is 3.26. The number of ketones is 1. The van der Waals surface area contributed by atoms with Crippen LogP contribution in [0.5, 0.6) is 5.75 Å². The van der Waals surface area contributed by atoms with Gasteiger partial charge in [0.05, 0.1) is 5.92 Å². The van der Waals surface area contributed by atoms with Crippen LogP contribution in [0, 0.1) is 5.92 Å². The van der Waals surface area contributed by atoms with E-state index in [1.54, 1.807) is 0 Å². The molecule has 1 aromatic carbocycles. The number of carbonyl (C=O) groups excluding carboxylic acids is 1. The van der Waals surface area contributed by atoms with Crippen LogP contribution in [-0.2, 0) is 15.8 Å². The van der Waals surface area contributed by atoms with Crippen molar-refractivity contribution in [2.75, 3.05) is 0 Å². The van der Waals surface area contributed by atoms with Gasteiger partial charge in [0, 0.05) is 18.2 Å². The number of aromatic hydroxyl groups is 1. The van der Waals surface area contributed by atoms with E-state index in [0.717, 1.165) is 12.2 Å². The summed E-state index contributed by atoms with van der Waals surface area (Å²) in [6.45, 7) is 0. The molecule has 1 aromatic rings. The number of carbonyl (C=O) groups is 1. The predicted molar refractivity (Wildman–Crippen MR) is 79.9 cm³/mol. The second kappa shape index (κ2) is 6.27. The third kappa shape index (κ3) is 4.75. The highest BCUT2D eigenvalue weighted by atomic mass is 31.2. The molecule has 1 atom stereocenters. The molecule has 1 aliphatic rings. The highest BCUT2D eigenvalue weighted by Gasteiger charge is 2.39. The number of phenols is 1. The molecule has 124 valence electrons. The molecule has 0 heterocycles. The summed E-state index contributed by atoms with van der Waals surface area (Å²) in [6.07, 6.45) is 2.88. The maximum absolute atomic E-state index is 11.4. The molecule has 23 heavy (non-hydrogen) atoms. The number of rotatable bonds is 5. The van der Waals surface area contributed by atoms with Gasteiger partial charge < -0.3 is 25.1 Å². The molecule has 0 radical (unpaired) electrons. The summed E-state index contributed by atoms with van der Waals surface area (Å²) in [5.41, 5.74) is 0.197. The first kappa shape index (κ1) is 17.4. The van der Waals surface area contributed by atoms with Crippen LogP contribution in [0.4, 0.5) is 0 Å². The van der Waals surface area contributed by atoms with E-state index < -0.39 is 25.2 Å². The molecule has 2 rings (SSSR count). The minimum absolute atomic E-state index is 0.0159. The minimum Gasteiger partial charge on any atom is -0.508 e. The second-order valence-electron chi connectivity index (χ2n) is 5.22. The monoisotopic (exact) mass is 341 g/mol. The molecule has 0 aromatic heterocycles. The molecule has 0 amide bonds. The van der Waals surface area contributed by atoms with E-state index in [4.69, 9.17) is 9.79 Å². The van der Waals surface area contributed by atoms with Gasteiger partial charge >= 0.3 is 7.75 Å². The number of hydrogen-bond donors (Lipinski definition) is 6. The molecule has 9 heteroatoms. The van der Waals surface area contributed by atoms with Crippen molar-refractivity contribution in [2.24, 2.45) is 5.92 Å².